The Morgan fingerprint density at radius 1 is 1.33 bits per heavy atom. The maximum atomic E-state index is 6.29. The van der Waals surface area contributed by atoms with Gasteiger partial charge >= 0.3 is 0 Å². The van der Waals surface area contributed by atoms with Crippen molar-refractivity contribution in [2.45, 2.75) is 12.6 Å². The maximum absolute atomic E-state index is 6.29. The molecule has 2 heterocycles. The molecule has 0 amide bonds. The van der Waals surface area contributed by atoms with Gasteiger partial charge in [0.1, 0.15) is 0 Å². The van der Waals surface area contributed by atoms with E-state index in [4.69, 9.17) is 5.73 Å². The summed E-state index contributed by atoms with van der Waals surface area (Å²) in [6.45, 7) is 1.95. The minimum Gasteiger partial charge on any atom is -0.348 e. The molecule has 1 unspecified atom stereocenters. The highest BCUT2D eigenvalue weighted by Gasteiger charge is 2.12. The van der Waals surface area contributed by atoms with Crippen molar-refractivity contribution < 1.29 is 0 Å². The average molecular weight is 244 g/mol. The Labute approximate surface area is 108 Å². The molecule has 0 aliphatic carbocycles. The van der Waals surface area contributed by atoms with E-state index in [1.165, 1.54) is 0 Å². The maximum Gasteiger partial charge on any atom is 0.0721 e. The summed E-state index contributed by atoms with van der Waals surface area (Å²) in [5.41, 5.74) is 8.47. The van der Waals surface area contributed by atoms with Gasteiger partial charge in [0.05, 0.1) is 6.04 Å². The molecule has 2 rings (SSSR count). The van der Waals surface area contributed by atoms with E-state index in [1.807, 2.05) is 24.4 Å². The number of aromatic nitrogens is 2. The van der Waals surface area contributed by atoms with Gasteiger partial charge in [0.25, 0.3) is 0 Å². The summed E-state index contributed by atoms with van der Waals surface area (Å²) in [6.07, 6.45) is 5.67. The number of likely N-dealkylation sites (N-methyl/N-ethyl adjacent to an activating group) is 1. The lowest BCUT2D eigenvalue weighted by molar-refractivity contribution is 0.380. The van der Waals surface area contributed by atoms with Crippen LogP contribution in [0.1, 0.15) is 17.3 Å². The summed E-state index contributed by atoms with van der Waals surface area (Å²) in [4.78, 5) is 6.29. The first kappa shape index (κ1) is 12.8. The van der Waals surface area contributed by atoms with Crippen molar-refractivity contribution in [2.75, 3.05) is 20.6 Å². The summed E-state index contributed by atoms with van der Waals surface area (Å²) < 4.78 is 2.21. The number of pyridine rings is 1. The van der Waals surface area contributed by atoms with E-state index in [9.17, 15) is 0 Å². The first-order valence-corrected chi connectivity index (χ1v) is 6.14. The van der Waals surface area contributed by atoms with Gasteiger partial charge in [-0.2, -0.15) is 0 Å². The molecule has 0 aliphatic rings. The second-order valence-corrected chi connectivity index (χ2v) is 4.69. The van der Waals surface area contributed by atoms with Gasteiger partial charge in [0, 0.05) is 37.4 Å². The quantitative estimate of drug-likeness (QED) is 0.867. The van der Waals surface area contributed by atoms with Crippen molar-refractivity contribution in [3.8, 4) is 0 Å². The first-order chi connectivity index (χ1) is 8.68. The SMILES string of the molecule is CN(C)CCn1cccc1C(N)c1cccnc1. The molecule has 4 nitrogen and oxygen atoms in total. The van der Waals surface area contributed by atoms with Crippen LogP contribution in [-0.4, -0.2) is 35.1 Å². The third-order valence-electron chi connectivity index (χ3n) is 3.01. The monoisotopic (exact) mass is 244 g/mol. The Morgan fingerprint density at radius 2 is 2.17 bits per heavy atom. The van der Waals surface area contributed by atoms with Crippen LogP contribution in [0.5, 0.6) is 0 Å². The largest absolute Gasteiger partial charge is 0.348 e. The molecule has 0 radical (unpaired) electrons. The zero-order valence-corrected chi connectivity index (χ0v) is 11.0. The molecule has 0 saturated carbocycles. The summed E-state index contributed by atoms with van der Waals surface area (Å²) in [5.74, 6) is 0. The highest BCUT2D eigenvalue weighted by Crippen LogP contribution is 2.19. The Balaban J connectivity index is 2.16. The van der Waals surface area contributed by atoms with Crippen LogP contribution >= 0.6 is 0 Å². The molecule has 2 aromatic heterocycles. The molecule has 18 heavy (non-hydrogen) atoms. The van der Waals surface area contributed by atoms with Crippen LogP contribution in [0.3, 0.4) is 0 Å². The van der Waals surface area contributed by atoms with E-state index in [-0.39, 0.29) is 6.04 Å². The minimum absolute atomic E-state index is 0.115. The van der Waals surface area contributed by atoms with Gasteiger partial charge in [-0.25, -0.2) is 0 Å². The molecular weight excluding hydrogens is 224 g/mol. The summed E-state index contributed by atoms with van der Waals surface area (Å²) in [5, 5.41) is 0. The highest BCUT2D eigenvalue weighted by atomic mass is 15.1. The smallest absolute Gasteiger partial charge is 0.0721 e. The standard InChI is InChI=1S/C14H20N4/c1-17(2)9-10-18-8-4-6-13(18)14(15)12-5-3-7-16-11-12/h3-8,11,14H,9-10,15H2,1-2H3. The molecule has 0 saturated heterocycles. The van der Waals surface area contributed by atoms with Gasteiger partial charge in [0.15, 0.2) is 0 Å². The zero-order chi connectivity index (χ0) is 13.0. The van der Waals surface area contributed by atoms with Crippen LogP contribution in [0.25, 0.3) is 0 Å². The predicted molar refractivity (Wildman–Crippen MR) is 73.3 cm³/mol. The van der Waals surface area contributed by atoms with Gasteiger partial charge in [0.2, 0.25) is 0 Å². The molecule has 4 heteroatoms. The Hall–Kier alpha value is -1.65. The Morgan fingerprint density at radius 3 is 2.83 bits per heavy atom. The average Bonchev–Trinajstić information content (AvgIpc) is 2.85. The summed E-state index contributed by atoms with van der Waals surface area (Å²) in [6, 6.07) is 7.94. The topological polar surface area (TPSA) is 47.1 Å². The van der Waals surface area contributed by atoms with Crippen LogP contribution in [0.2, 0.25) is 0 Å². The van der Waals surface area contributed by atoms with E-state index in [1.54, 1.807) is 6.20 Å². The number of hydrogen-bond donors (Lipinski definition) is 1. The van der Waals surface area contributed by atoms with Gasteiger partial charge in [-0.15, -0.1) is 0 Å². The lowest BCUT2D eigenvalue weighted by Gasteiger charge is -2.17. The second kappa shape index (κ2) is 5.80. The van der Waals surface area contributed by atoms with E-state index in [0.29, 0.717) is 0 Å². The van der Waals surface area contributed by atoms with Crippen molar-refractivity contribution >= 4 is 0 Å². The predicted octanol–water partition coefficient (Wildman–Crippen LogP) is 1.49. The van der Waals surface area contributed by atoms with Gasteiger partial charge in [-0.1, -0.05) is 6.07 Å². The van der Waals surface area contributed by atoms with E-state index in [0.717, 1.165) is 24.3 Å². The lowest BCUT2D eigenvalue weighted by Crippen LogP contribution is -2.22. The number of hydrogen-bond acceptors (Lipinski definition) is 3. The van der Waals surface area contributed by atoms with Gasteiger partial charge < -0.3 is 15.2 Å². The van der Waals surface area contributed by atoms with E-state index < -0.39 is 0 Å². The van der Waals surface area contributed by atoms with Gasteiger partial charge in [-0.3, -0.25) is 4.98 Å². The van der Waals surface area contributed by atoms with E-state index >= 15 is 0 Å². The Bertz CT molecular complexity index is 476. The molecule has 2 N–H and O–H groups in total. The van der Waals surface area contributed by atoms with Crippen molar-refractivity contribution in [3.05, 3.63) is 54.1 Å². The van der Waals surface area contributed by atoms with Crippen LogP contribution in [0.4, 0.5) is 0 Å². The third-order valence-corrected chi connectivity index (χ3v) is 3.01. The first-order valence-electron chi connectivity index (χ1n) is 6.14. The van der Waals surface area contributed by atoms with Crippen LogP contribution in [0.15, 0.2) is 42.9 Å². The van der Waals surface area contributed by atoms with Crippen molar-refractivity contribution in [3.63, 3.8) is 0 Å². The molecule has 2 aromatic rings. The second-order valence-electron chi connectivity index (χ2n) is 4.69. The third kappa shape index (κ3) is 2.97. The Kier molecular flexibility index (Phi) is 4.12. The van der Waals surface area contributed by atoms with Gasteiger partial charge in [-0.05, 0) is 37.9 Å². The van der Waals surface area contributed by atoms with Crippen molar-refractivity contribution in [1.29, 1.82) is 0 Å². The van der Waals surface area contributed by atoms with Crippen LogP contribution in [0, 0.1) is 0 Å². The highest BCUT2D eigenvalue weighted by molar-refractivity contribution is 5.25. The zero-order valence-electron chi connectivity index (χ0n) is 11.0. The number of nitrogens with zero attached hydrogens (tertiary/aromatic N) is 3. The summed E-state index contributed by atoms with van der Waals surface area (Å²) in [7, 11) is 4.15. The molecule has 1 atom stereocenters. The molecule has 0 bridgehead atoms. The lowest BCUT2D eigenvalue weighted by atomic mass is 10.1. The molecule has 0 aliphatic heterocycles. The normalized spacial score (nSPS) is 12.9. The molecule has 0 aromatic carbocycles. The van der Waals surface area contributed by atoms with Crippen molar-refractivity contribution in [1.82, 2.24) is 14.5 Å². The minimum atomic E-state index is -0.115. The fraction of sp³-hybridized carbons (Fsp3) is 0.357. The molecule has 0 spiro atoms. The number of rotatable bonds is 5. The molecular formula is C14H20N4. The van der Waals surface area contributed by atoms with E-state index in [2.05, 4.69) is 40.8 Å². The van der Waals surface area contributed by atoms with Crippen LogP contribution in [-0.2, 0) is 6.54 Å². The van der Waals surface area contributed by atoms with Crippen LogP contribution < -0.4 is 5.73 Å². The van der Waals surface area contributed by atoms with Crippen molar-refractivity contribution in [2.24, 2.45) is 5.73 Å². The molecule has 0 fully saturated rings. The fourth-order valence-corrected chi connectivity index (χ4v) is 1.95. The fourth-order valence-electron chi connectivity index (χ4n) is 1.95. The number of nitrogens with two attached hydrogens (primary N) is 1. The summed E-state index contributed by atoms with van der Waals surface area (Å²) >= 11 is 0. The molecule has 96 valence electrons.